The van der Waals surface area contributed by atoms with Crippen molar-refractivity contribution in [3.8, 4) is 0 Å². The standard InChI is InChI=1S/C13H28N2O8P2/c1-11(22-24(14,18)19)6-4-2-3-5-7-12(17)8-9-13(10-16)23-25(15,20)21/h10-11,13H,2-9H2,1H3,(H3,14,18,19)(H3,15,20,21). The van der Waals surface area contributed by atoms with E-state index in [1.165, 1.54) is 0 Å². The van der Waals surface area contributed by atoms with E-state index in [0.29, 0.717) is 25.5 Å². The topological polar surface area (TPSA) is 179 Å². The largest absolute Gasteiger partial charge is 0.400 e. The molecule has 25 heavy (non-hydrogen) atoms. The van der Waals surface area contributed by atoms with E-state index < -0.39 is 27.7 Å². The zero-order valence-electron chi connectivity index (χ0n) is 14.3. The van der Waals surface area contributed by atoms with E-state index in [0.717, 1.165) is 19.3 Å². The van der Waals surface area contributed by atoms with Gasteiger partial charge in [-0.25, -0.2) is 20.1 Å². The lowest BCUT2D eigenvalue weighted by Gasteiger charge is -2.14. The van der Waals surface area contributed by atoms with Crippen LogP contribution in [0.2, 0.25) is 0 Å². The Bertz CT molecular complexity index is 504. The second kappa shape index (κ2) is 12.0. The van der Waals surface area contributed by atoms with Crippen molar-refractivity contribution >= 4 is 27.6 Å². The molecule has 4 atom stereocenters. The van der Waals surface area contributed by atoms with Crippen LogP contribution in [0, 0.1) is 0 Å². The van der Waals surface area contributed by atoms with Gasteiger partial charge in [0, 0.05) is 12.8 Å². The summed E-state index contributed by atoms with van der Waals surface area (Å²) in [5, 5.41) is 0. The van der Waals surface area contributed by atoms with Gasteiger partial charge in [0.2, 0.25) is 0 Å². The molecule has 0 aromatic rings. The van der Waals surface area contributed by atoms with Crippen LogP contribution < -0.4 is 11.0 Å². The first-order valence-corrected chi connectivity index (χ1v) is 11.3. The van der Waals surface area contributed by atoms with Gasteiger partial charge in [-0.15, -0.1) is 0 Å². The summed E-state index contributed by atoms with van der Waals surface area (Å²) in [5.74, 6) is -0.0682. The van der Waals surface area contributed by atoms with Crippen molar-refractivity contribution in [3.05, 3.63) is 0 Å². The molecule has 148 valence electrons. The molecule has 0 aliphatic heterocycles. The molecule has 0 amide bonds. The predicted octanol–water partition coefficient (Wildman–Crippen LogP) is 1.78. The van der Waals surface area contributed by atoms with E-state index >= 15 is 0 Å². The number of rotatable bonds is 15. The molecule has 0 bridgehead atoms. The van der Waals surface area contributed by atoms with Gasteiger partial charge in [-0.2, -0.15) is 0 Å². The van der Waals surface area contributed by atoms with E-state index in [4.69, 9.17) is 25.3 Å². The molecular formula is C13H28N2O8P2. The van der Waals surface area contributed by atoms with Gasteiger partial charge in [0.25, 0.3) is 0 Å². The fourth-order valence-corrected chi connectivity index (χ4v) is 3.35. The maximum absolute atomic E-state index is 11.7. The van der Waals surface area contributed by atoms with E-state index in [2.05, 4.69) is 4.52 Å². The molecule has 10 nitrogen and oxygen atoms in total. The number of unbranched alkanes of at least 4 members (excludes halogenated alkanes) is 3. The van der Waals surface area contributed by atoms with Crippen LogP contribution in [0.15, 0.2) is 0 Å². The summed E-state index contributed by atoms with van der Waals surface area (Å²) in [4.78, 5) is 40.1. The van der Waals surface area contributed by atoms with E-state index in [-0.39, 0.29) is 18.6 Å². The molecular weight excluding hydrogens is 374 g/mol. The first-order valence-electron chi connectivity index (χ1n) is 7.99. The lowest BCUT2D eigenvalue weighted by Crippen LogP contribution is -2.17. The monoisotopic (exact) mass is 402 g/mol. The van der Waals surface area contributed by atoms with Crippen molar-refractivity contribution < 1.29 is 37.6 Å². The van der Waals surface area contributed by atoms with Gasteiger partial charge in [0.15, 0.2) is 0 Å². The predicted molar refractivity (Wildman–Crippen MR) is 91.5 cm³/mol. The molecule has 4 unspecified atom stereocenters. The van der Waals surface area contributed by atoms with Gasteiger partial charge in [0.1, 0.15) is 18.2 Å². The molecule has 6 N–H and O–H groups in total. The Morgan fingerprint density at radius 2 is 1.56 bits per heavy atom. The molecule has 0 aromatic heterocycles. The summed E-state index contributed by atoms with van der Waals surface area (Å²) < 4.78 is 30.9. The number of carbonyl (C=O) groups excluding carboxylic acids is 2. The van der Waals surface area contributed by atoms with E-state index in [1.807, 2.05) is 0 Å². The van der Waals surface area contributed by atoms with Crippen molar-refractivity contribution in [1.29, 1.82) is 0 Å². The normalized spacial score (nSPS) is 18.8. The van der Waals surface area contributed by atoms with Crippen LogP contribution in [0.1, 0.15) is 58.3 Å². The zero-order chi connectivity index (χ0) is 19.5. The number of carbonyl (C=O) groups is 2. The summed E-state index contributed by atoms with van der Waals surface area (Å²) in [7, 11) is -8.20. The first kappa shape index (κ1) is 24.6. The molecule has 0 radical (unpaired) electrons. The summed E-state index contributed by atoms with van der Waals surface area (Å²) in [5.41, 5.74) is 9.70. The second-order valence-electron chi connectivity index (χ2n) is 5.85. The van der Waals surface area contributed by atoms with Gasteiger partial charge < -0.3 is 14.6 Å². The van der Waals surface area contributed by atoms with Crippen molar-refractivity contribution in [2.45, 2.75) is 70.5 Å². The fraction of sp³-hybridized carbons (Fsp3) is 0.846. The van der Waals surface area contributed by atoms with Crippen molar-refractivity contribution in [1.82, 2.24) is 0 Å². The molecule has 0 rings (SSSR count). The second-order valence-corrected chi connectivity index (χ2v) is 8.53. The Labute approximate surface area is 147 Å². The molecule has 0 aliphatic rings. The van der Waals surface area contributed by atoms with E-state index in [9.17, 15) is 18.7 Å². The number of aldehydes is 1. The number of hydrogen-bond acceptors (Lipinski definition) is 6. The minimum Gasteiger partial charge on any atom is -0.313 e. The van der Waals surface area contributed by atoms with Gasteiger partial charge in [-0.05, 0) is 26.2 Å². The Morgan fingerprint density at radius 1 is 1.00 bits per heavy atom. The van der Waals surface area contributed by atoms with E-state index in [1.54, 1.807) is 6.92 Å². The molecule has 0 heterocycles. The van der Waals surface area contributed by atoms with Gasteiger partial charge in [0.05, 0.1) is 6.10 Å². The van der Waals surface area contributed by atoms with Crippen LogP contribution in [0.25, 0.3) is 0 Å². The van der Waals surface area contributed by atoms with Gasteiger partial charge >= 0.3 is 15.5 Å². The highest BCUT2D eigenvalue weighted by atomic mass is 31.2. The highest BCUT2D eigenvalue weighted by molar-refractivity contribution is 7.50. The average Bonchev–Trinajstić information content (AvgIpc) is 2.44. The molecule has 12 heteroatoms. The quantitative estimate of drug-likeness (QED) is 0.179. The number of hydrogen-bond donors (Lipinski definition) is 4. The smallest absolute Gasteiger partial charge is 0.313 e. The van der Waals surface area contributed by atoms with Gasteiger partial charge in [-0.1, -0.05) is 19.3 Å². The lowest BCUT2D eigenvalue weighted by atomic mass is 10.0. The molecule has 0 saturated carbocycles. The van der Waals surface area contributed by atoms with Crippen LogP contribution in [-0.2, 0) is 27.8 Å². The van der Waals surface area contributed by atoms with Crippen LogP contribution >= 0.6 is 15.5 Å². The zero-order valence-corrected chi connectivity index (χ0v) is 16.1. The summed E-state index contributed by atoms with van der Waals surface area (Å²) in [6.07, 6.45) is 2.87. The number of nitrogens with two attached hydrogens (primary N) is 2. The lowest BCUT2D eigenvalue weighted by molar-refractivity contribution is -0.120. The SMILES string of the molecule is CC(CCCCCCC(=O)CCC(C=O)OP(N)(=O)O)OP(N)(=O)O. The summed E-state index contributed by atoms with van der Waals surface area (Å²) >= 11 is 0. The maximum atomic E-state index is 11.7. The third-order valence-corrected chi connectivity index (χ3v) is 4.53. The minimum absolute atomic E-state index is 0.0131. The van der Waals surface area contributed by atoms with Crippen LogP contribution in [-0.4, -0.2) is 34.1 Å². The molecule has 0 saturated heterocycles. The molecule has 0 spiro atoms. The molecule has 0 aliphatic carbocycles. The summed E-state index contributed by atoms with van der Waals surface area (Å²) in [6.45, 7) is 1.66. The van der Waals surface area contributed by atoms with Crippen molar-refractivity contribution in [3.63, 3.8) is 0 Å². The van der Waals surface area contributed by atoms with Gasteiger partial charge in [-0.3, -0.25) is 13.8 Å². The molecule has 0 aromatic carbocycles. The van der Waals surface area contributed by atoms with Crippen LogP contribution in [0.3, 0.4) is 0 Å². The highest BCUT2D eigenvalue weighted by Crippen LogP contribution is 2.34. The maximum Gasteiger partial charge on any atom is 0.400 e. The van der Waals surface area contributed by atoms with Crippen LogP contribution in [0.5, 0.6) is 0 Å². The Kier molecular flexibility index (Phi) is 11.8. The average molecular weight is 402 g/mol. The third kappa shape index (κ3) is 16.8. The number of ketones is 1. The Balaban J connectivity index is 3.75. The Morgan fingerprint density at radius 3 is 2.08 bits per heavy atom. The fourth-order valence-electron chi connectivity index (χ4n) is 2.19. The highest BCUT2D eigenvalue weighted by Gasteiger charge is 2.20. The van der Waals surface area contributed by atoms with Crippen molar-refractivity contribution in [2.75, 3.05) is 0 Å². The van der Waals surface area contributed by atoms with Crippen LogP contribution in [0.4, 0.5) is 0 Å². The Hall–Kier alpha value is -0.440. The van der Waals surface area contributed by atoms with Crippen molar-refractivity contribution in [2.24, 2.45) is 11.0 Å². The summed E-state index contributed by atoms with van der Waals surface area (Å²) in [6, 6.07) is 0. The third-order valence-electron chi connectivity index (χ3n) is 3.29. The molecule has 0 fully saturated rings. The first-order chi connectivity index (χ1) is 11.4. The number of Topliss-reactive ketones (excluding diaryl/α,β-unsaturated/α-hetero) is 1. The minimum atomic E-state index is -4.25.